The molecule has 0 bridgehead atoms. The average molecular weight is 554 g/mol. The Balaban J connectivity index is 1.17. The summed E-state index contributed by atoms with van der Waals surface area (Å²) in [6.45, 7) is 10.3. The van der Waals surface area contributed by atoms with Crippen molar-refractivity contribution in [3.05, 3.63) is 58.4 Å². The van der Waals surface area contributed by atoms with Gasteiger partial charge in [0, 0.05) is 31.6 Å². The first-order valence-corrected chi connectivity index (χ1v) is 15.4. The third kappa shape index (κ3) is 6.41. The van der Waals surface area contributed by atoms with Crippen LogP contribution in [0.15, 0.2) is 45.3 Å². The molecule has 4 aliphatic rings. The zero-order valence-electron chi connectivity index (χ0n) is 24.8. The quantitative estimate of drug-likeness (QED) is 0.482. The van der Waals surface area contributed by atoms with E-state index in [2.05, 4.69) is 66.0 Å². The van der Waals surface area contributed by atoms with E-state index in [-0.39, 0.29) is 23.2 Å². The third-order valence-corrected chi connectivity index (χ3v) is 9.61. The van der Waals surface area contributed by atoms with Gasteiger partial charge >= 0.3 is 0 Å². The van der Waals surface area contributed by atoms with Gasteiger partial charge in [-0.15, -0.1) is 0 Å². The number of fused-ring (bicyclic) bond motifs is 2. The number of rotatable bonds is 8. The Bertz CT molecular complexity index is 1380. The number of aliphatic hydroxyl groups excluding tert-OH is 1. The number of nitrogens with zero attached hydrogens (tertiary/aromatic N) is 5. The number of benzene rings is 1. The van der Waals surface area contributed by atoms with Crippen molar-refractivity contribution < 1.29 is 9.90 Å². The zero-order valence-corrected chi connectivity index (χ0v) is 24.8. The van der Waals surface area contributed by atoms with Gasteiger partial charge in [-0.3, -0.25) is 14.8 Å². The normalized spacial score (nSPS) is 21.8. The number of aromatic nitrogens is 1. The van der Waals surface area contributed by atoms with Crippen LogP contribution in [-0.4, -0.2) is 70.8 Å². The number of Topliss-reactive ketones (excluding diaryl/α,β-unsaturated/α-hetero) is 1. The number of ketones is 1. The lowest BCUT2D eigenvalue weighted by Gasteiger charge is -2.34. The number of aliphatic imine (C=N–C) groups is 3. The van der Waals surface area contributed by atoms with Crippen LogP contribution in [0, 0.1) is 11.3 Å². The van der Waals surface area contributed by atoms with Gasteiger partial charge in [0.15, 0.2) is 5.78 Å². The first kappa shape index (κ1) is 28.1. The highest BCUT2D eigenvalue weighted by Crippen LogP contribution is 2.39. The van der Waals surface area contributed by atoms with Crippen LogP contribution in [0.25, 0.3) is 0 Å². The predicted molar refractivity (Wildman–Crippen MR) is 165 cm³/mol. The lowest BCUT2D eigenvalue weighted by Crippen LogP contribution is -2.37. The molecule has 2 atom stereocenters. The number of pyridine rings is 1. The minimum atomic E-state index is -0.181. The molecule has 4 heterocycles. The summed E-state index contributed by atoms with van der Waals surface area (Å²) >= 11 is 0. The smallest absolute Gasteiger partial charge is 0.178 e. The summed E-state index contributed by atoms with van der Waals surface area (Å²) in [5, 5.41) is 9.92. The average Bonchev–Trinajstić information content (AvgIpc) is 3.64. The topological polar surface area (TPSA) is 90.5 Å². The van der Waals surface area contributed by atoms with E-state index in [1.165, 1.54) is 23.2 Å². The second-order valence-electron chi connectivity index (χ2n) is 13.4. The van der Waals surface area contributed by atoms with E-state index in [4.69, 9.17) is 9.98 Å². The van der Waals surface area contributed by atoms with Crippen molar-refractivity contribution in [3.8, 4) is 0 Å². The van der Waals surface area contributed by atoms with E-state index in [1.54, 1.807) is 6.34 Å². The molecule has 3 aliphatic heterocycles. The van der Waals surface area contributed by atoms with E-state index in [1.807, 2.05) is 0 Å². The summed E-state index contributed by atoms with van der Waals surface area (Å²) in [4.78, 5) is 34.6. The minimum absolute atomic E-state index is 0.102. The van der Waals surface area contributed by atoms with Crippen LogP contribution in [0.2, 0.25) is 0 Å². The maximum atomic E-state index is 13.7. The fraction of sp³-hybridized carbons (Fsp3) is 0.559. The zero-order chi connectivity index (χ0) is 28.6. The summed E-state index contributed by atoms with van der Waals surface area (Å²) < 4.78 is 0. The van der Waals surface area contributed by atoms with Gasteiger partial charge in [0.1, 0.15) is 6.34 Å². The lowest BCUT2D eigenvalue weighted by atomic mass is 9.71. The Morgan fingerprint density at radius 2 is 1.88 bits per heavy atom. The highest BCUT2D eigenvalue weighted by Gasteiger charge is 2.32. The monoisotopic (exact) mass is 553 g/mol. The second-order valence-corrected chi connectivity index (χ2v) is 13.4. The standard InChI is InChI=1S/C34H43N5O2/c1-34(2,3)26-8-9-28-25(16-26)17-29-30(37-28)19-31(38-29)33(41)18-24(10-13-39-14-11-27(40)12-15-39)22-4-6-23(7-5-22)32-20-35-21-36-32/h4-7,17,21,24,26-27,40H,8-16,18-20H2,1-3H3/t24-,26-/m0/s1. The van der Waals surface area contributed by atoms with Crippen molar-refractivity contribution in [2.24, 2.45) is 26.3 Å². The number of aliphatic hydroxyl groups is 1. The summed E-state index contributed by atoms with van der Waals surface area (Å²) in [7, 11) is 0. The van der Waals surface area contributed by atoms with Crippen molar-refractivity contribution in [2.75, 3.05) is 26.2 Å². The third-order valence-electron chi connectivity index (χ3n) is 9.61. The SMILES string of the molecule is CC(C)(C)[C@H]1CCc2nc3c(cc2C1)N=C(C(=O)C[C@H](CCN1CCC(O)CC1)c1ccc(C2=NC=NC2)cc1)C3. The van der Waals surface area contributed by atoms with Crippen LogP contribution >= 0.6 is 0 Å². The van der Waals surface area contributed by atoms with E-state index >= 15 is 0 Å². The van der Waals surface area contributed by atoms with Gasteiger partial charge in [0.25, 0.3) is 0 Å². The van der Waals surface area contributed by atoms with E-state index in [0.717, 1.165) is 74.4 Å². The summed E-state index contributed by atoms with van der Waals surface area (Å²) in [5.74, 6) is 0.875. The maximum absolute atomic E-state index is 13.7. The Labute approximate surface area is 243 Å². The number of carbonyl (C=O) groups excluding carboxylic acids is 1. The van der Waals surface area contributed by atoms with Crippen LogP contribution < -0.4 is 0 Å². The van der Waals surface area contributed by atoms with Gasteiger partial charge in [-0.1, -0.05) is 45.0 Å². The Morgan fingerprint density at radius 1 is 1.10 bits per heavy atom. The molecule has 6 rings (SSSR count). The Morgan fingerprint density at radius 3 is 2.59 bits per heavy atom. The van der Waals surface area contributed by atoms with E-state index in [9.17, 15) is 9.90 Å². The van der Waals surface area contributed by atoms with Crippen molar-refractivity contribution in [1.29, 1.82) is 0 Å². The largest absolute Gasteiger partial charge is 0.393 e. The molecular weight excluding hydrogens is 510 g/mol. The lowest BCUT2D eigenvalue weighted by molar-refractivity contribution is -0.113. The van der Waals surface area contributed by atoms with Crippen molar-refractivity contribution in [2.45, 2.75) is 84.2 Å². The number of carbonyl (C=O) groups is 1. The highest BCUT2D eigenvalue weighted by molar-refractivity contribution is 6.41. The predicted octanol–water partition coefficient (Wildman–Crippen LogP) is 5.28. The van der Waals surface area contributed by atoms with Crippen LogP contribution in [-0.2, 0) is 24.1 Å². The van der Waals surface area contributed by atoms with Crippen molar-refractivity contribution in [1.82, 2.24) is 9.88 Å². The number of aryl methyl sites for hydroxylation is 1. The molecule has 1 fully saturated rings. The highest BCUT2D eigenvalue weighted by atomic mass is 16.3. The fourth-order valence-electron chi connectivity index (χ4n) is 6.77. The molecule has 7 nitrogen and oxygen atoms in total. The second kappa shape index (κ2) is 11.7. The van der Waals surface area contributed by atoms with Gasteiger partial charge in [0.2, 0.25) is 0 Å². The van der Waals surface area contributed by atoms with Crippen molar-refractivity contribution >= 4 is 29.2 Å². The van der Waals surface area contributed by atoms with E-state index in [0.29, 0.717) is 31.0 Å². The molecule has 1 N–H and O–H groups in total. The molecule has 1 aliphatic carbocycles. The minimum Gasteiger partial charge on any atom is -0.393 e. The maximum Gasteiger partial charge on any atom is 0.178 e. The molecule has 1 aromatic carbocycles. The van der Waals surface area contributed by atoms with Gasteiger partial charge in [-0.2, -0.15) is 0 Å². The number of piperidine rings is 1. The molecular formula is C34H43N5O2. The van der Waals surface area contributed by atoms with Crippen LogP contribution in [0.5, 0.6) is 0 Å². The molecule has 216 valence electrons. The molecule has 2 aromatic rings. The molecule has 41 heavy (non-hydrogen) atoms. The van der Waals surface area contributed by atoms with Gasteiger partial charge in [0.05, 0.1) is 35.5 Å². The molecule has 0 unspecified atom stereocenters. The first-order chi connectivity index (χ1) is 19.7. The summed E-state index contributed by atoms with van der Waals surface area (Å²) in [5.41, 5.74) is 8.56. The summed E-state index contributed by atoms with van der Waals surface area (Å²) in [6.07, 6.45) is 8.19. The number of likely N-dealkylation sites (tertiary alicyclic amines) is 1. The van der Waals surface area contributed by atoms with Crippen LogP contribution in [0.1, 0.15) is 86.9 Å². The first-order valence-electron chi connectivity index (χ1n) is 15.4. The molecule has 1 aromatic heterocycles. The number of hydrogen-bond donors (Lipinski definition) is 1. The molecule has 0 radical (unpaired) electrons. The Kier molecular flexibility index (Phi) is 8.01. The Hall–Kier alpha value is -3.03. The molecule has 0 spiro atoms. The van der Waals surface area contributed by atoms with Crippen molar-refractivity contribution in [3.63, 3.8) is 0 Å². The van der Waals surface area contributed by atoms with E-state index < -0.39 is 0 Å². The van der Waals surface area contributed by atoms with Crippen LogP contribution in [0.4, 0.5) is 5.69 Å². The molecule has 1 saturated heterocycles. The molecule has 7 heteroatoms. The molecule has 0 saturated carbocycles. The van der Waals surface area contributed by atoms with Crippen LogP contribution in [0.3, 0.4) is 0 Å². The number of hydrogen-bond acceptors (Lipinski definition) is 7. The fourth-order valence-corrected chi connectivity index (χ4v) is 6.77. The van der Waals surface area contributed by atoms with Gasteiger partial charge < -0.3 is 10.0 Å². The molecule has 0 amide bonds. The van der Waals surface area contributed by atoms with Gasteiger partial charge in [-0.25, -0.2) is 9.98 Å². The van der Waals surface area contributed by atoms with Gasteiger partial charge in [-0.05, 0) is 85.1 Å². The summed E-state index contributed by atoms with van der Waals surface area (Å²) in [6, 6.07) is 10.7.